The van der Waals surface area contributed by atoms with Gasteiger partial charge in [-0.3, -0.25) is 13.8 Å². The molecule has 0 aliphatic rings. The van der Waals surface area contributed by atoms with E-state index in [-0.39, 0.29) is 17.6 Å². The molecule has 0 bridgehead atoms. The highest BCUT2D eigenvalue weighted by Gasteiger charge is 2.10. The van der Waals surface area contributed by atoms with Crippen molar-refractivity contribution < 1.29 is 13.8 Å². The van der Waals surface area contributed by atoms with E-state index in [2.05, 4.69) is 10.6 Å². The maximum Gasteiger partial charge on any atom is 0.232 e. The molecule has 2 N–H and O–H groups in total. The molecule has 0 saturated carbocycles. The molecule has 20 heavy (non-hydrogen) atoms. The molecule has 5 nitrogen and oxygen atoms in total. The molecule has 0 radical (unpaired) electrons. The highest BCUT2D eigenvalue weighted by Crippen LogP contribution is 2.14. The van der Waals surface area contributed by atoms with Crippen molar-refractivity contribution in [1.82, 2.24) is 5.32 Å². The number of hydrogen-bond acceptors (Lipinski definition) is 3. The Bertz CT molecular complexity index is 503. The van der Waals surface area contributed by atoms with Crippen LogP contribution in [-0.2, 0) is 20.4 Å². The van der Waals surface area contributed by atoms with E-state index in [0.29, 0.717) is 23.5 Å². The van der Waals surface area contributed by atoms with E-state index in [1.54, 1.807) is 24.3 Å². The fourth-order valence-corrected chi connectivity index (χ4v) is 2.61. The second-order valence-corrected chi connectivity index (χ2v) is 5.72. The number of rotatable bonds is 7. The number of carbonyl (C=O) groups excluding carboxylic acids is 2. The summed E-state index contributed by atoms with van der Waals surface area (Å²) in [7, 11) is -1.41. The van der Waals surface area contributed by atoms with Gasteiger partial charge >= 0.3 is 0 Å². The number of amides is 2. The largest absolute Gasteiger partial charge is 0.356 e. The van der Waals surface area contributed by atoms with E-state index in [9.17, 15) is 13.8 Å². The molecule has 0 saturated heterocycles. The molecule has 110 valence electrons. The first-order valence-corrected chi connectivity index (χ1v) is 7.93. The molecule has 0 unspecified atom stereocenters. The normalized spacial score (nSPS) is 11.7. The lowest BCUT2D eigenvalue weighted by molar-refractivity contribution is -0.118. The fraction of sp³-hybridized carbons (Fsp3) is 0.429. The van der Waals surface area contributed by atoms with Crippen LogP contribution in [0.15, 0.2) is 29.2 Å². The molecule has 6 heteroatoms. The van der Waals surface area contributed by atoms with Gasteiger partial charge in [0.25, 0.3) is 0 Å². The van der Waals surface area contributed by atoms with E-state index in [1.165, 1.54) is 0 Å². The van der Waals surface area contributed by atoms with Crippen LogP contribution in [0.2, 0.25) is 0 Å². The molecular weight excluding hydrogens is 276 g/mol. The van der Waals surface area contributed by atoms with E-state index in [1.807, 2.05) is 13.8 Å². The van der Waals surface area contributed by atoms with Gasteiger partial charge in [0.1, 0.15) is 5.75 Å². The number of anilines is 1. The van der Waals surface area contributed by atoms with Crippen LogP contribution in [0.1, 0.15) is 26.7 Å². The number of carbonyl (C=O) groups is 2. The molecule has 0 fully saturated rings. The molecule has 2 amide bonds. The maximum absolute atomic E-state index is 12.0. The predicted octanol–water partition coefficient (Wildman–Crippen LogP) is 1.67. The second-order valence-electron chi connectivity index (χ2n) is 4.27. The minimum absolute atomic E-state index is 0.0692. The zero-order valence-electron chi connectivity index (χ0n) is 11.8. The van der Waals surface area contributed by atoms with Gasteiger partial charge in [0.15, 0.2) is 0 Å². The van der Waals surface area contributed by atoms with Gasteiger partial charge in [-0.05, 0) is 31.5 Å². The zero-order valence-corrected chi connectivity index (χ0v) is 12.6. The van der Waals surface area contributed by atoms with Crippen molar-refractivity contribution in [1.29, 1.82) is 0 Å². The Morgan fingerprint density at radius 3 is 2.60 bits per heavy atom. The first kappa shape index (κ1) is 16.4. The van der Waals surface area contributed by atoms with Crippen molar-refractivity contribution in [3.05, 3.63) is 24.3 Å². The summed E-state index contributed by atoms with van der Waals surface area (Å²) in [6.07, 6.45) is 1.22. The summed E-state index contributed by atoms with van der Waals surface area (Å²) in [5.41, 5.74) is 0.602. The third-order valence-electron chi connectivity index (χ3n) is 2.49. The third kappa shape index (κ3) is 5.52. The van der Waals surface area contributed by atoms with Crippen LogP contribution in [0.5, 0.6) is 0 Å². The monoisotopic (exact) mass is 296 g/mol. The lowest BCUT2D eigenvalue weighted by atomic mass is 10.3. The number of benzene rings is 1. The fourth-order valence-electron chi connectivity index (χ4n) is 1.62. The average molecular weight is 296 g/mol. The summed E-state index contributed by atoms with van der Waals surface area (Å²) in [5, 5.41) is 5.35. The standard InChI is InChI=1S/C14H20N2O3S/c1-3-6-13(17)16-11-7-5-8-12(9-11)20(19)10-14(18)15-4-2/h5,7-9H,3-4,6,10H2,1-2H3,(H,15,18)(H,16,17)/t20-/m1/s1. The van der Waals surface area contributed by atoms with E-state index in [4.69, 9.17) is 0 Å². The Hall–Kier alpha value is -1.69. The second kappa shape index (κ2) is 8.47. The maximum atomic E-state index is 12.0. The van der Waals surface area contributed by atoms with Crippen molar-refractivity contribution >= 4 is 28.3 Å². The summed E-state index contributed by atoms with van der Waals surface area (Å²) < 4.78 is 12.0. The summed E-state index contributed by atoms with van der Waals surface area (Å²) in [6, 6.07) is 6.78. The van der Waals surface area contributed by atoms with E-state index in [0.717, 1.165) is 6.42 Å². The predicted molar refractivity (Wildman–Crippen MR) is 79.9 cm³/mol. The summed E-state index contributed by atoms with van der Waals surface area (Å²) >= 11 is 0. The molecule has 1 rings (SSSR count). The Labute approximate surface area is 121 Å². The van der Waals surface area contributed by atoms with Crippen LogP contribution >= 0.6 is 0 Å². The lowest BCUT2D eigenvalue weighted by Gasteiger charge is -2.07. The van der Waals surface area contributed by atoms with Crippen LogP contribution in [0, 0.1) is 0 Å². The van der Waals surface area contributed by atoms with Crippen LogP contribution in [0.25, 0.3) is 0 Å². The topological polar surface area (TPSA) is 75.3 Å². The van der Waals surface area contributed by atoms with Crippen LogP contribution in [0.4, 0.5) is 5.69 Å². The molecule has 0 aliphatic carbocycles. The van der Waals surface area contributed by atoms with E-state index < -0.39 is 10.8 Å². The van der Waals surface area contributed by atoms with E-state index >= 15 is 0 Å². The van der Waals surface area contributed by atoms with Crippen LogP contribution in [0.3, 0.4) is 0 Å². The third-order valence-corrected chi connectivity index (χ3v) is 3.80. The van der Waals surface area contributed by atoms with Crippen molar-refractivity contribution in [3.8, 4) is 0 Å². The minimum Gasteiger partial charge on any atom is -0.356 e. The van der Waals surface area contributed by atoms with Crippen molar-refractivity contribution in [2.45, 2.75) is 31.6 Å². The Morgan fingerprint density at radius 2 is 1.95 bits per heavy atom. The Kier molecular flexibility index (Phi) is 6.93. The highest BCUT2D eigenvalue weighted by molar-refractivity contribution is 7.85. The average Bonchev–Trinajstić information content (AvgIpc) is 2.39. The first-order chi connectivity index (χ1) is 9.56. The van der Waals surface area contributed by atoms with Gasteiger partial charge in [-0.2, -0.15) is 0 Å². The lowest BCUT2D eigenvalue weighted by Crippen LogP contribution is -2.27. The van der Waals surface area contributed by atoms with Gasteiger partial charge in [0.05, 0.1) is 10.8 Å². The van der Waals surface area contributed by atoms with Crippen molar-refractivity contribution in [2.75, 3.05) is 17.6 Å². The van der Waals surface area contributed by atoms with Crippen LogP contribution in [-0.4, -0.2) is 28.3 Å². The van der Waals surface area contributed by atoms with Crippen molar-refractivity contribution in [2.24, 2.45) is 0 Å². The first-order valence-electron chi connectivity index (χ1n) is 6.61. The Balaban J connectivity index is 2.69. The molecule has 0 aliphatic heterocycles. The van der Waals surface area contributed by atoms with Gasteiger partial charge < -0.3 is 10.6 Å². The highest BCUT2D eigenvalue weighted by atomic mass is 32.2. The summed E-state index contributed by atoms with van der Waals surface area (Å²) in [6.45, 7) is 4.26. The minimum atomic E-state index is -1.41. The molecule has 1 aromatic carbocycles. The Morgan fingerprint density at radius 1 is 1.20 bits per heavy atom. The molecule has 1 atom stereocenters. The number of hydrogen-bond donors (Lipinski definition) is 2. The van der Waals surface area contributed by atoms with Crippen LogP contribution < -0.4 is 10.6 Å². The number of nitrogens with one attached hydrogen (secondary N) is 2. The molecule has 0 heterocycles. The van der Waals surface area contributed by atoms with Gasteiger partial charge in [0.2, 0.25) is 11.8 Å². The summed E-state index contributed by atoms with van der Waals surface area (Å²) in [5.74, 6) is -0.384. The van der Waals surface area contributed by atoms with Gasteiger partial charge in [-0.25, -0.2) is 0 Å². The van der Waals surface area contributed by atoms with Gasteiger partial charge in [-0.15, -0.1) is 0 Å². The summed E-state index contributed by atoms with van der Waals surface area (Å²) in [4.78, 5) is 23.4. The van der Waals surface area contributed by atoms with Gasteiger partial charge in [-0.1, -0.05) is 13.0 Å². The van der Waals surface area contributed by atoms with Gasteiger partial charge in [0, 0.05) is 23.5 Å². The SMILES string of the molecule is CCCC(=O)Nc1cccc([S@](=O)CC(=O)NCC)c1. The molecule has 0 aromatic heterocycles. The zero-order chi connectivity index (χ0) is 15.0. The molecule has 0 spiro atoms. The molecule has 1 aromatic rings. The molecular formula is C14H20N2O3S. The van der Waals surface area contributed by atoms with Crippen molar-refractivity contribution in [3.63, 3.8) is 0 Å². The smallest absolute Gasteiger partial charge is 0.232 e. The quantitative estimate of drug-likeness (QED) is 0.803.